The fourth-order valence-electron chi connectivity index (χ4n) is 5.15. The van der Waals surface area contributed by atoms with E-state index in [0.717, 1.165) is 45.8 Å². The Morgan fingerprint density at radius 1 is 1.19 bits per heavy atom. The van der Waals surface area contributed by atoms with Gasteiger partial charge in [0.15, 0.2) is 5.82 Å². The molecule has 2 atom stereocenters. The highest BCUT2D eigenvalue weighted by Crippen LogP contribution is 2.36. The Hall–Kier alpha value is -3.59. The fraction of sp³-hybridized carbons (Fsp3) is 0.464. The average molecular weight is 503 g/mol. The largest absolute Gasteiger partial charge is 0.444 e. The highest BCUT2D eigenvalue weighted by molar-refractivity contribution is 5.87. The summed E-state index contributed by atoms with van der Waals surface area (Å²) < 4.78 is 9.92. The molecule has 0 radical (unpaired) electrons. The number of imidazole rings is 1. The number of nitrogens with one attached hydrogen (secondary N) is 1. The zero-order valence-corrected chi connectivity index (χ0v) is 21.8. The number of aliphatic hydroxyl groups excluding tert-OH is 1. The van der Waals surface area contributed by atoms with Crippen LogP contribution in [0.25, 0.3) is 33.6 Å². The van der Waals surface area contributed by atoms with Gasteiger partial charge in [-0.3, -0.25) is 0 Å². The number of hydrogen-bond acceptors (Lipinski definition) is 6. The van der Waals surface area contributed by atoms with E-state index in [4.69, 9.17) is 9.72 Å². The molecule has 1 saturated carbocycles. The normalized spacial score (nSPS) is 20.2. The molecule has 1 amide bonds. The van der Waals surface area contributed by atoms with Crippen molar-refractivity contribution in [3.63, 3.8) is 0 Å². The standard InChI is InChI=1S/C28H34N6O3/c1-28(2,3)37-27(36)33-15-21(24(35)16-33)30-19-9-10-22-20(13-19)31-26(32(22)4)23-12-18-6-5-11-29-25(18)34(23)14-17-7-8-17/h5-6,9-13,17,21,24,30,35H,7-8,14-16H2,1-4H3. The van der Waals surface area contributed by atoms with Crippen molar-refractivity contribution in [1.82, 2.24) is 24.0 Å². The first-order chi connectivity index (χ1) is 17.7. The van der Waals surface area contributed by atoms with Crippen LogP contribution in [-0.2, 0) is 18.3 Å². The third-order valence-corrected chi connectivity index (χ3v) is 7.20. The molecule has 4 heterocycles. The van der Waals surface area contributed by atoms with Crippen molar-refractivity contribution >= 4 is 33.8 Å². The second kappa shape index (κ2) is 8.76. The smallest absolute Gasteiger partial charge is 0.410 e. The third kappa shape index (κ3) is 4.64. The number of carbonyl (C=O) groups excluding carboxylic acids is 1. The minimum atomic E-state index is -0.687. The van der Waals surface area contributed by atoms with Crippen molar-refractivity contribution in [3.8, 4) is 11.5 Å². The van der Waals surface area contributed by atoms with Gasteiger partial charge in [-0.05, 0) is 75.9 Å². The summed E-state index contributed by atoms with van der Waals surface area (Å²) in [4.78, 5) is 23.7. The molecule has 194 valence electrons. The third-order valence-electron chi connectivity index (χ3n) is 7.20. The van der Waals surface area contributed by atoms with Crippen molar-refractivity contribution in [2.45, 2.75) is 57.9 Å². The SMILES string of the molecule is Cn1c(-c2cc3cccnc3n2CC2CC2)nc2cc(NC3CN(C(=O)OC(C)(C)C)CC3O)ccc21. The average Bonchev–Trinajstić information content (AvgIpc) is 3.37. The molecule has 2 aliphatic rings. The van der Waals surface area contributed by atoms with Gasteiger partial charge >= 0.3 is 6.09 Å². The van der Waals surface area contributed by atoms with Crippen LogP contribution in [0.3, 0.4) is 0 Å². The topological polar surface area (TPSA) is 97.4 Å². The first-order valence-corrected chi connectivity index (χ1v) is 13.0. The second-order valence-electron chi connectivity index (χ2n) is 11.4. The monoisotopic (exact) mass is 502 g/mol. The van der Waals surface area contributed by atoms with Crippen LogP contribution < -0.4 is 5.32 Å². The molecular formula is C28H34N6O3. The van der Waals surface area contributed by atoms with E-state index in [1.165, 1.54) is 12.8 Å². The number of hydrogen-bond donors (Lipinski definition) is 2. The van der Waals surface area contributed by atoms with E-state index in [1.807, 2.05) is 58.3 Å². The minimum absolute atomic E-state index is 0.238. The van der Waals surface area contributed by atoms with Gasteiger partial charge in [-0.25, -0.2) is 14.8 Å². The summed E-state index contributed by atoms with van der Waals surface area (Å²) >= 11 is 0. The number of aromatic nitrogens is 4. The Morgan fingerprint density at radius 2 is 2.00 bits per heavy atom. The number of fused-ring (bicyclic) bond motifs is 2. The molecule has 2 N–H and O–H groups in total. The number of aryl methyl sites for hydroxylation is 1. The first-order valence-electron chi connectivity index (χ1n) is 13.0. The van der Waals surface area contributed by atoms with Crippen molar-refractivity contribution in [1.29, 1.82) is 0 Å². The molecule has 0 spiro atoms. The van der Waals surface area contributed by atoms with E-state index in [-0.39, 0.29) is 12.6 Å². The van der Waals surface area contributed by atoms with Gasteiger partial charge in [0.2, 0.25) is 0 Å². The number of pyridine rings is 1. The lowest BCUT2D eigenvalue weighted by atomic mass is 10.2. The van der Waals surface area contributed by atoms with Crippen molar-refractivity contribution < 1.29 is 14.6 Å². The maximum Gasteiger partial charge on any atom is 0.410 e. The molecule has 2 unspecified atom stereocenters. The summed E-state index contributed by atoms with van der Waals surface area (Å²) in [6, 6.07) is 12.0. The van der Waals surface area contributed by atoms with Crippen LogP contribution in [0.5, 0.6) is 0 Å². The Labute approximate surface area is 216 Å². The zero-order chi connectivity index (χ0) is 25.9. The van der Waals surface area contributed by atoms with E-state index >= 15 is 0 Å². The number of benzene rings is 1. The van der Waals surface area contributed by atoms with Crippen LogP contribution in [0.15, 0.2) is 42.6 Å². The molecule has 9 nitrogen and oxygen atoms in total. The highest BCUT2D eigenvalue weighted by Gasteiger charge is 2.36. The van der Waals surface area contributed by atoms with Crippen molar-refractivity contribution in [2.24, 2.45) is 13.0 Å². The van der Waals surface area contributed by atoms with Crippen molar-refractivity contribution in [3.05, 3.63) is 42.6 Å². The number of β-amino-alcohol motifs (C(OH)–C–C–N with tert-alkyl or cyclic N) is 1. The van der Waals surface area contributed by atoms with E-state index in [2.05, 4.69) is 31.6 Å². The molecule has 3 aromatic heterocycles. The molecule has 37 heavy (non-hydrogen) atoms. The van der Waals surface area contributed by atoms with Gasteiger partial charge in [0.1, 0.15) is 11.2 Å². The van der Waals surface area contributed by atoms with Gasteiger partial charge in [0.25, 0.3) is 0 Å². The van der Waals surface area contributed by atoms with Crippen LogP contribution in [-0.4, -0.2) is 66.0 Å². The highest BCUT2D eigenvalue weighted by atomic mass is 16.6. The Morgan fingerprint density at radius 3 is 2.76 bits per heavy atom. The van der Waals surface area contributed by atoms with Gasteiger partial charge in [-0.1, -0.05) is 0 Å². The van der Waals surface area contributed by atoms with Gasteiger partial charge in [0, 0.05) is 37.4 Å². The summed E-state index contributed by atoms with van der Waals surface area (Å²) in [7, 11) is 2.05. The molecule has 4 aromatic rings. The predicted octanol–water partition coefficient (Wildman–Crippen LogP) is 4.39. The van der Waals surface area contributed by atoms with Crippen LogP contribution in [0.4, 0.5) is 10.5 Å². The summed E-state index contributed by atoms with van der Waals surface area (Å²) in [6.45, 7) is 7.08. The molecular weight excluding hydrogens is 468 g/mol. The van der Waals surface area contributed by atoms with Crippen LogP contribution in [0, 0.1) is 5.92 Å². The number of anilines is 1. The maximum atomic E-state index is 12.5. The lowest BCUT2D eigenvalue weighted by molar-refractivity contribution is 0.0270. The van der Waals surface area contributed by atoms with E-state index in [1.54, 1.807) is 4.90 Å². The number of ether oxygens (including phenoxy) is 1. The fourth-order valence-corrected chi connectivity index (χ4v) is 5.15. The number of nitrogens with zero attached hydrogens (tertiary/aromatic N) is 5. The molecule has 1 aromatic carbocycles. The second-order valence-corrected chi connectivity index (χ2v) is 11.4. The molecule has 1 saturated heterocycles. The molecule has 1 aliphatic heterocycles. The van der Waals surface area contributed by atoms with Crippen molar-refractivity contribution in [2.75, 3.05) is 18.4 Å². The van der Waals surface area contributed by atoms with E-state index in [9.17, 15) is 9.90 Å². The van der Waals surface area contributed by atoms with E-state index < -0.39 is 17.8 Å². The van der Waals surface area contributed by atoms with Gasteiger partial charge in [0.05, 0.1) is 35.4 Å². The maximum absolute atomic E-state index is 12.5. The van der Waals surface area contributed by atoms with Crippen LogP contribution in [0.1, 0.15) is 33.6 Å². The predicted molar refractivity (Wildman–Crippen MR) is 143 cm³/mol. The molecule has 0 bridgehead atoms. The summed E-state index contributed by atoms with van der Waals surface area (Å²) in [5, 5.41) is 15.1. The summed E-state index contributed by atoms with van der Waals surface area (Å²) in [5.74, 6) is 1.61. The Balaban J connectivity index is 1.27. The molecule has 2 fully saturated rings. The molecule has 9 heteroatoms. The number of amides is 1. The van der Waals surface area contributed by atoms with Gasteiger partial charge in [-0.2, -0.15) is 0 Å². The van der Waals surface area contributed by atoms with Crippen LogP contribution >= 0.6 is 0 Å². The Bertz CT molecular complexity index is 1480. The lowest BCUT2D eigenvalue weighted by Gasteiger charge is -2.24. The number of rotatable bonds is 5. The molecule has 1 aliphatic carbocycles. The van der Waals surface area contributed by atoms with Gasteiger partial charge < -0.3 is 29.2 Å². The van der Waals surface area contributed by atoms with E-state index in [0.29, 0.717) is 12.5 Å². The van der Waals surface area contributed by atoms with Gasteiger partial charge in [-0.15, -0.1) is 0 Å². The summed E-state index contributed by atoms with van der Waals surface area (Å²) in [6.07, 6.45) is 3.29. The number of aliphatic hydroxyl groups is 1. The molecule has 6 rings (SSSR count). The lowest BCUT2D eigenvalue weighted by Crippen LogP contribution is -2.36. The minimum Gasteiger partial charge on any atom is -0.444 e. The Kier molecular flexibility index (Phi) is 5.63. The number of likely N-dealkylation sites (tertiary alicyclic amines) is 1. The summed E-state index contributed by atoms with van der Waals surface area (Å²) in [5.41, 5.74) is 4.26. The zero-order valence-electron chi connectivity index (χ0n) is 21.8. The van der Waals surface area contributed by atoms with Crippen LogP contribution in [0.2, 0.25) is 0 Å². The number of carbonyl (C=O) groups is 1. The quantitative estimate of drug-likeness (QED) is 0.420. The first kappa shape index (κ1) is 23.8.